The van der Waals surface area contributed by atoms with E-state index in [-0.39, 0.29) is 30.6 Å². The number of hydrogen-bond donors (Lipinski definition) is 1. The highest BCUT2D eigenvalue weighted by Gasteiger charge is 2.43. The minimum Gasteiger partial charge on any atom is -0.459 e. The Balaban J connectivity index is 1.42. The molecule has 2 aliphatic heterocycles. The van der Waals surface area contributed by atoms with Crippen molar-refractivity contribution in [2.45, 2.75) is 69.8 Å². The topological polar surface area (TPSA) is 73.9 Å². The van der Waals surface area contributed by atoms with Gasteiger partial charge in [-0.25, -0.2) is 4.79 Å². The summed E-state index contributed by atoms with van der Waals surface area (Å²) in [5.41, 5.74) is 4.71. The smallest absolute Gasteiger partial charge is 0.337 e. The maximum Gasteiger partial charge on any atom is 0.337 e. The van der Waals surface area contributed by atoms with Crippen LogP contribution in [0.1, 0.15) is 74.8 Å². The Hall–Kier alpha value is -3.06. The van der Waals surface area contributed by atoms with Gasteiger partial charge in [0.05, 0.1) is 5.57 Å². The van der Waals surface area contributed by atoms with Crippen LogP contribution in [0.25, 0.3) is 0 Å². The van der Waals surface area contributed by atoms with E-state index in [0.29, 0.717) is 35.5 Å². The molecule has 1 fully saturated rings. The molecule has 192 valence electrons. The highest BCUT2D eigenvalue weighted by Crippen LogP contribution is 2.49. The highest BCUT2D eigenvalue weighted by atomic mass is 79.9. The number of halogens is 1. The molecule has 1 N–H and O–H groups in total. The molecular formula is C30H30BrNO5. The van der Waals surface area contributed by atoms with E-state index in [9.17, 15) is 9.59 Å². The predicted octanol–water partition coefficient (Wildman–Crippen LogP) is 6.42. The fraction of sp³-hybridized carbons (Fsp3) is 0.400. The molecule has 2 atom stereocenters. The van der Waals surface area contributed by atoms with Gasteiger partial charge in [0, 0.05) is 33.8 Å². The van der Waals surface area contributed by atoms with Crippen molar-refractivity contribution < 1.29 is 23.8 Å². The summed E-state index contributed by atoms with van der Waals surface area (Å²) in [5.74, 6) is 0.486. The third-order valence-corrected chi connectivity index (χ3v) is 8.63. The number of rotatable bonds is 4. The molecule has 2 aliphatic carbocycles. The van der Waals surface area contributed by atoms with E-state index in [0.717, 1.165) is 52.7 Å². The van der Waals surface area contributed by atoms with Crippen LogP contribution < -0.4 is 14.8 Å². The van der Waals surface area contributed by atoms with Gasteiger partial charge in [-0.15, -0.1) is 0 Å². The van der Waals surface area contributed by atoms with Gasteiger partial charge in [-0.1, -0.05) is 52.7 Å². The first-order chi connectivity index (χ1) is 18.0. The number of allylic oxidation sites excluding steroid dienone is 3. The van der Waals surface area contributed by atoms with E-state index in [2.05, 4.69) is 33.4 Å². The van der Waals surface area contributed by atoms with Crippen LogP contribution in [0.3, 0.4) is 0 Å². The van der Waals surface area contributed by atoms with Gasteiger partial charge in [0.1, 0.15) is 6.10 Å². The van der Waals surface area contributed by atoms with E-state index in [1.54, 1.807) is 0 Å². The molecule has 37 heavy (non-hydrogen) atoms. The fourth-order valence-electron chi connectivity index (χ4n) is 6.13. The van der Waals surface area contributed by atoms with Gasteiger partial charge in [-0.3, -0.25) is 4.79 Å². The minimum atomic E-state index is -0.555. The number of benzene rings is 2. The molecule has 4 aliphatic rings. The molecule has 0 spiro atoms. The summed E-state index contributed by atoms with van der Waals surface area (Å²) in [6, 6.07) is 13.9. The summed E-state index contributed by atoms with van der Waals surface area (Å²) in [6.07, 6.45) is 6.10. The van der Waals surface area contributed by atoms with Gasteiger partial charge < -0.3 is 19.5 Å². The fourth-order valence-corrected chi connectivity index (χ4v) is 6.68. The van der Waals surface area contributed by atoms with Gasteiger partial charge >= 0.3 is 5.97 Å². The second kappa shape index (κ2) is 10.0. The molecule has 2 heterocycles. The lowest BCUT2D eigenvalue weighted by molar-refractivity contribution is -0.146. The van der Waals surface area contributed by atoms with Crippen molar-refractivity contribution in [1.29, 1.82) is 0 Å². The molecule has 6 nitrogen and oxygen atoms in total. The molecule has 0 saturated heterocycles. The van der Waals surface area contributed by atoms with E-state index in [1.165, 1.54) is 6.42 Å². The highest BCUT2D eigenvalue weighted by molar-refractivity contribution is 9.10. The van der Waals surface area contributed by atoms with Crippen LogP contribution in [0.5, 0.6) is 11.5 Å². The van der Waals surface area contributed by atoms with E-state index in [4.69, 9.17) is 14.2 Å². The molecule has 0 bridgehead atoms. The zero-order valence-electron chi connectivity index (χ0n) is 20.8. The van der Waals surface area contributed by atoms with Crippen molar-refractivity contribution in [1.82, 2.24) is 5.32 Å². The lowest BCUT2D eigenvalue weighted by Crippen LogP contribution is -2.37. The Morgan fingerprint density at radius 2 is 1.76 bits per heavy atom. The molecule has 2 unspecified atom stereocenters. The zero-order chi connectivity index (χ0) is 25.5. The van der Waals surface area contributed by atoms with Crippen LogP contribution in [0, 0.1) is 0 Å². The molecule has 0 amide bonds. The third-order valence-electron chi connectivity index (χ3n) is 7.95. The standard InChI is InChI=1S/C30H30BrNO5/c1-17-27(30(34)37-20-10-6-3-7-11-20)28(21-14-25-26(15-22(21)31)36-16-35-25)29-23(32-17)12-19(13-24(29)33)18-8-4-2-5-9-18/h2,4-5,8-9,14-15,19-20,28,32H,3,6-7,10-13,16H2,1H3. The molecular weight excluding hydrogens is 534 g/mol. The van der Waals surface area contributed by atoms with Crippen molar-refractivity contribution in [3.8, 4) is 11.5 Å². The first-order valence-electron chi connectivity index (χ1n) is 13.1. The monoisotopic (exact) mass is 563 g/mol. The Bertz CT molecular complexity index is 1310. The molecule has 1 saturated carbocycles. The number of ketones is 1. The number of dihydropyridines is 1. The Morgan fingerprint density at radius 3 is 2.51 bits per heavy atom. The Kier molecular flexibility index (Phi) is 6.57. The SMILES string of the molecule is CC1=C(C(=O)OC2CCCCC2)C(c2cc3c(cc2Br)OCO3)C2=C(CC(c3ccccc3)CC2=O)N1. The number of Topliss-reactive ketones (excluding diaryl/α,β-unsaturated/α-hetero) is 1. The quantitative estimate of drug-likeness (QED) is 0.433. The van der Waals surface area contributed by atoms with Crippen LogP contribution in [-0.4, -0.2) is 24.6 Å². The number of carbonyl (C=O) groups excluding carboxylic acids is 2. The van der Waals surface area contributed by atoms with Crippen LogP contribution >= 0.6 is 15.9 Å². The lowest BCUT2D eigenvalue weighted by Gasteiger charge is -2.37. The number of esters is 1. The summed E-state index contributed by atoms with van der Waals surface area (Å²) in [6.45, 7) is 2.06. The summed E-state index contributed by atoms with van der Waals surface area (Å²) < 4.78 is 18.1. The van der Waals surface area contributed by atoms with Crippen molar-refractivity contribution in [2.75, 3.05) is 6.79 Å². The summed E-state index contributed by atoms with van der Waals surface area (Å²) >= 11 is 3.70. The second-order valence-electron chi connectivity index (χ2n) is 10.3. The van der Waals surface area contributed by atoms with Crippen LogP contribution in [0.4, 0.5) is 0 Å². The van der Waals surface area contributed by atoms with Crippen molar-refractivity contribution in [3.63, 3.8) is 0 Å². The first-order valence-corrected chi connectivity index (χ1v) is 13.9. The van der Waals surface area contributed by atoms with Crippen molar-refractivity contribution in [2.24, 2.45) is 0 Å². The number of carbonyl (C=O) groups is 2. The van der Waals surface area contributed by atoms with E-state index >= 15 is 0 Å². The average molecular weight is 564 g/mol. The number of nitrogens with one attached hydrogen (secondary N) is 1. The summed E-state index contributed by atoms with van der Waals surface area (Å²) in [5, 5.41) is 3.45. The lowest BCUT2D eigenvalue weighted by atomic mass is 9.71. The average Bonchev–Trinajstić information content (AvgIpc) is 3.35. The normalized spacial score (nSPS) is 23.6. The minimum absolute atomic E-state index is 0.0487. The molecule has 0 aromatic heterocycles. The van der Waals surface area contributed by atoms with Gasteiger partial charge in [0.15, 0.2) is 17.3 Å². The largest absolute Gasteiger partial charge is 0.459 e. The first kappa shape index (κ1) is 24.3. The number of hydrogen-bond acceptors (Lipinski definition) is 6. The summed E-state index contributed by atoms with van der Waals surface area (Å²) in [7, 11) is 0. The molecule has 7 heteroatoms. The maximum atomic E-state index is 13.9. The van der Waals surface area contributed by atoms with Crippen molar-refractivity contribution >= 4 is 27.7 Å². The third kappa shape index (κ3) is 4.58. The Morgan fingerprint density at radius 1 is 1.03 bits per heavy atom. The second-order valence-corrected chi connectivity index (χ2v) is 11.2. The molecule has 0 radical (unpaired) electrons. The molecule has 2 aromatic carbocycles. The molecule has 2 aromatic rings. The van der Waals surface area contributed by atoms with Gasteiger partial charge in [-0.2, -0.15) is 0 Å². The van der Waals surface area contributed by atoms with E-state index in [1.807, 2.05) is 37.3 Å². The van der Waals surface area contributed by atoms with Gasteiger partial charge in [0.2, 0.25) is 6.79 Å². The molecule has 6 rings (SSSR count). The Labute approximate surface area is 225 Å². The van der Waals surface area contributed by atoms with Gasteiger partial charge in [0.25, 0.3) is 0 Å². The van der Waals surface area contributed by atoms with Crippen molar-refractivity contribution in [3.05, 3.63) is 80.6 Å². The summed E-state index contributed by atoms with van der Waals surface area (Å²) in [4.78, 5) is 27.6. The number of fused-ring (bicyclic) bond motifs is 1. The number of ether oxygens (including phenoxy) is 3. The van der Waals surface area contributed by atoms with Gasteiger partial charge in [-0.05, 0) is 68.2 Å². The van der Waals surface area contributed by atoms with Crippen LogP contribution in [0.2, 0.25) is 0 Å². The zero-order valence-corrected chi connectivity index (χ0v) is 22.4. The maximum absolute atomic E-state index is 13.9. The van der Waals surface area contributed by atoms with Crippen LogP contribution in [-0.2, 0) is 14.3 Å². The predicted molar refractivity (Wildman–Crippen MR) is 142 cm³/mol. The van der Waals surface area contributed by atoms with Crippen LogP contribution in [0.15, 0.2) is 69.5 Å². The van der Waals surface area contributed by atoms with E-state index < -0.39 is 5.92 Å².